The molecule has 0 radical (unpaired) electrons. The Hall–Kier alpha value is -2.07. The zero-order valence-electron chi connectivity index (χ0n) is 14.4. The van der Waals surface area contributed by atoms with Crippen LogP contribution in [0, 0.1) is 18.3 Å². The van der Waals surface area contributed by atoms with Crippen molar-refractivity contribution in [2.75, 3.05) is 18.4 Å². The number of carbonyl (C=O) groups excluding carboxylic acids is 1. The van der Waals surface area contributed by atoms with Crippen LogP contribution in [0.4, 0.5) is 10.6 Å². The molecule has 1 aliphatic heterocycles. The smallest absolute Gasteiger partial charge is 0.410 e. The van der Waals surface area contributed by atoms with Crippen LogP contribution in [0.25, 0.3) is 0 Å². The predicted octanol–water partition coefficient (Wildman–Crippen LogP) is 3.12. The lowest BCUT2D eigenvalue weighted by molar-refractivity contribution is 0.0206. The highest BCUT2D eigenvalue weighted by atomic mass is 35.5. The van der Waals surface area contributed by atoms with Gasteiger partial charge in [-0.15, -0.1) is 10.2 Å². The quantitative estimate of drug-likeness (QED) is 0.880. The van der Waals surface area contributed by atoms with Gasteiger partial charge < -0.3 is 15.0 Å². The molecule has 1 N–H and O–H groups in total. The molecule has 2 heterocycles. The molecule has 0 spiro atoms. The maximum absolute atomic E-state index is 12.2. The van der Waals surface area contributed by atoms with Crippen LogP contribution in [0.1, 0.15) is 44.7 Å². The van der Waals surface area contributed by atoms with E-state index in [0.717, 1.165) is 12.8 Å². The summed E-state index contributed by atoms with van der Waals surface area (Å²) in [5, 5.41) is 20.6. The molecule has 1 aromatic heterocycles. The molecular formula is C16H22ClN5O2. The Morgan fingerprint density at radius 2 is 2.17 bits per heavy atom. The Labute approximate surface area is 146 Å². The fourth-order valence-electron chi connectivity index (χ4n) is 2.52. The molecule has 0 unspecified atom stereocenters. The van der Waals surface area contributed by atoms with Gasteiger partial charge in [0.05, 0.1) is 0 Å². The molecule has 1 saturated heterocycles. The van der Waals surface area contributed by atoms with Crippen LogP contribution in [-0.4, -0.2) is 45.9 Å². The first-order chi connectivity index (χ1) is 11.2. The van der Waals surface area contributed by atoms with E-state index in [-0.39, 0.29) is 17.3 Å². The lowest BCUT2D eigenvalue weighted by Gasteiger charge is -2.34. The van der Waals surface area contributed by atoms with Gasteiger partial charge in [-0.05, 0) is 40.5 Å². The summed E-state index contributed by atoms with van der Waals surface area (Å²) < 4.78 is 5.42. The van der Waals surface area contributed by atoms with E-state index in [4.69, 9.17) is 16.3 Å². The van der Waals surface area contributed by atoms with E-state index in [1.165, 1.54) is 0 Å². The van der Waals surface area contributed by atoms with Gasteiger partial charge in [-0.2, -0.15) is 5.26 Å². The number of hydrogen-bond donors (Lipinski definition) is 1. The number of anilines is 1. The monoisotopic (exact) mass is 351 g/mol. The van der Waals surface area contributed by atoms with E-state index >= 15 is 0 Å². The molecule has 2 rings (SSSR count). The van der Waals surface area contributed by atoms with Crippen molar-refractivity contribution in [3.05, 3.63) is 16.3 Å². The summed E-state index contributed by atoms with van der Waals surface area (Å²) >= 11 is 5.91. The summed E-state index contributed by atoms with van der Waals surface area (Å²) in [5.74, 6) is 0.399. The number of halogens is 1. The molecule has 24 heavy (non-hydrogen) atoms. The fourth-order valence-corrected chi connectivity index (χ4v) is 2.65. The Bertz CT molecular complexity index is 666. The number of likely N-dealkylation sites (tertiary alicyclic amines) is 1. The third-order valence-corrected chi connectivity index (χ3v) is 4.04. The molecule has 1 amide bonds. The van der Waals surface area contributed by atoms with E-state index in [0.29, 0.717) is 30.0 Å². The zero-order chi connectivity index (χ0) is 17.9. The van der Waals surface area contributed by atoms with E-state index < -0.39 is 5.60 Å². The molecule has 0 bridgehead atoms. The number of piperidine rings is 1. The Morgan fingerprint density at radius 1 is 1.46 bits per heavy atom. The van der Waals surface area contributed by atoms with Crippen molar-refractivity contribution in [2.45, 2.75) is 52.2 Å². The largest absolute Gasteiger partial charge is 0.444 e. The Kier molecular flexibility index (Phi) is 5.50. The third kappa shape index (κ3) is 4.48. The predicted molar refractivity (Wildman–Crippen MR) is 90.9 cm³/mol. The van der Waals surface area contributed by atoms with E-state index in [1.54, 1.807) is 11.8 Å². The summed E-state index contributed by atoms with van der Waals surface area (Å²) in [6.07, 6.45) is 1.39. The topological polar surface area (TPSA) is 91.1 Å². The molecule has 1 aliphatic rings. The number of carbonyl (C=O) groups is 1. The first-order valence-corrected chi connectivity index (χ1v) is 8.26. The summed E-state index contributed by atoms with van der Waals surface area (Å²) in [4.78, 5) is 13.9. The molecular weight excluding hydrogens is 330 g/mol. The maximum Gasteiger partial charge on any atom is 0.410 e. The van der Waals surface area contributed by atoms with Gasteiger partial charge >= 0.3 is 6.09 Å². The van der Waals surface area contributed by atoms with Crippen LogP contribution < -0.4 is 5.32 Å². The Balaban J connectivity index is 2.08. The fraction of sp³-hybridized carbons (Fsp3) is 0.625. The van der Waals surface area contributed by atoms with Gasteiger partial charge in [0.15, 0.2) is 11.0 Å². The van der Waals surface area contributed by atoms with Crippen molar-refractivity contribution >= 4 is 23.5 Å². The van der Waals surface area contributed by atoms with Crippen molar-refractivity contribution in [3.8, 4) is 6.07 Å². The molecule has 0 saturated carbocycles. The van der Waals surface area contributed by atoms with Gasteiger partial charge in [-0.3, -0.25) is 0 Å². The highest BCUT2D eigenvalue weighted by Gasteiger charge is 2.28. The van der Waals surface area contributed by atoms with Crippen LogP contribution in [-0.2, 0) is 4.74 Å². The lowest BCUT2D eigenvalue weighted by atomic mass is 10.1. The number of rotatable bonds is 2. The molecule has 130 valence electrons. The second-order valence-corrected chi connectivity index (χ2v) is 7.22. The SMILES string of the molecule is Cc1c(Cl)nnc(N[C@@H]2CCCN(C(=O)OC(C)(C)C)C2)c1C#N. The minimum Gasteiger partial charge on any atom is -0.444 e. The number of nitriles is 1. The van der Waals surface area contributed by atoms with Gasteiger partial charge in [0.25, 0.3) is 0 Å². The standard InChI is InChI=1S/C16H22ClN5O2/c1-10-12(8-18)14(21-20-13(10)17)19-11-6-5-7-22(9-11)15(23)24-16(2,3)4/h11H,5-7,9H2,1-4H3,(H,19,21)/t11-/m1/s1. The zero-order valence-corrected chi connectivity index (χ0v) is 15.1. The van der Waals surface area contributed by atoms with Gasteiger partial charge in [0.1, 0.15) is 17.2 Å². The summed E-state index contributed by atoms with van der Waals surface area (Å²) in [5.41, 5.74) is 0.449. The summed E-state index contributed by atoms with van der Waals surface area (Å²) in [6, 6.07) is 2.08. The number of nitrogens with one attached hydrogen (secondary N) is 1. The highest BCUT2D eigenvalue weighted by Crippen LogP contribution is 2.23. The Morgan fingerprint density at radius 3 is 2.79 bits per heavy atom. The van der Waals surface area contributed by atoms with Crippen molar-refractivity contribution in [1.29, 1.82) is 5.26 Å². The van der Waals surface area contributed by atoms with Crippen molar-refractivity contribution in [1.82, 2.24) is 15.1 Å². The molecule has 8 heteroatoms. The third-order valence-electron chi connectivity index (χ3n) is 3.68. The summed E-state index contributed by atoms with van der Waals surface area (Å²) in [7, 11) is 0. The number of hydrogen-bond acceptors (Lipinski definition) is 6. The molecule has 7 nitrogen and oxygen atoms in total. The minimum absolute atomic E-state index is 0.0201. The van der Waals surface area contributed by atoms with E-state index in [1.807, 2.05) is 20.8 Å². The highest BCUT2D eigenvalue weighted by molar-refractivity contribution is 6.30. The van der Waals surface area contributed by atoms with Gasteiger partial charge in [-0.1, -0.05) is 11.6 Å². The lowest BCUT2D eigenvalue weighted by Crippen LogP contribution is -2.47. The first-order valence-electron chi connectivity index (χ1n) is 7.88. The van der Waals surface area contributed by atoms with Crippen molar-refractivity contribution in [3.63, 3.8) is 0 Å². The molecule has 1 aromatic rings. The van der Waals surface area contributed by atoms with E-state index in [9.17, 15) is 10.1 Å². The van der Waals surface area contributed by atoms with E-state index in [2.05, 4.69) is 21.6 Å². The minimum atomic E-state index is -0.524. The average molecular weight is 352 g/mol. The van der Waals surface area contributed by atoms with Crippen LogP contribution in [0.5, 0.6) is 0 Å². The van der Waals surface area contributed by atoms with Gasteiger partial charge in [0.2, 0.25) is 0 Å². The van der Waals surface area contributed by atoms with Crippen LogP contribution >= 0.6 is 11.6 Å². The number of amides is 1. The number of aromatic nitrogens is 2. The molecule has 1 fully saturated rings. The van der Waals surface area contributed by atoms with Crippen LogP contribution in [0.3, 0.4) is 0 Å². The van der Waals surface area contributed by atoms with Crippen LogP contribution in [0.15, 0.2) is 0 Å². The number of ether oxygens (including phenoxy) is 1. The molecule has 1 atom stereocenters. The van der Waals surface area contributed by atoms with Crippen molar-refractivity contribution < 1.29 is 9.53 Å². The second kappa shape index (κ2) is 7.22. The normalized spacial score (nSPS) is 18.0. The van der Waals surface area contributed by atoms with Crippen molar-refractivity contribution in [2.24, 2.45) is 0 Å². The first kappa shape index (κ1) is 18.3. The average Bonchev–Trinajstić information content (AvgIpc) is 2.50. The number of nitrogens with zero attached hydrogens (tertiary/aromatic N) is 4. The maximum atomic E-state index is 12.2. The van der Waals surface area contributed by atoms with Gasteiger partial charge in [0, 0.05) is 24.7 Å². The second-order valence-electron chi connectivity index (χ2n) is 6.86. The summed E-state index contributed by atoms with van der Waals surface area (Å²) in [6.45, 7) is 8.41. The van der Waals surface area contributed by atoms with Crippen LogP contribution in [0.2, 0.25) is 5.15 Å². The van der Waals surface area contributed by atoms with Gasteiger partial charge in [-0.25, -0.2) is 4.79 Å². The molecule has 0 aliphatic carbocycles. The molecule has 0 aromatic carbocycles.